The second-order valence-electron chi connectivity index (χ2n) is 5.25. The van der Waals surface area contributed by atoms with Crippen LogP contribution in [0, 0.1) is 0 Å². The molecule has 0 saturated carbocycles. The minimum Gasteiger partial charge on any atom is -0.326 e. The molecule has 0 aliphatic heterocycles. The number of rotatable bonds is 9. The van der Waals surface area contributed by atoms with Crippen molar-refractivity contribution in [3.63, 3.8) is 0 Å². The van der Waals surface area contributed by atoms with E-state index in [1.165, 1.54) is 0 Å². The van der Waals surface area contributed by atoms with Crippen LogP contribution in [0.15, 0.2) is 24.3 Å². The maximum Gasteiger partial charge on any atom is 0.216 e. The lowest BCUT2D eigenvalue weighted by Gasteiger charge is -2.15. The molecule has 1 aromatic carbocycles. The van der Waals surface area contributed by atoms with Crippen LogP contribution in [0.2, 0.25) is 0 Å². The first-order valence-corrected chi connectivity index (χ1v) is 8.90. The van der Waals surface area contributed by atoms with E-state index in [0.717, 1.165) is 36.8 Å². The SMILES string of the molecule is CCCCCC(C)NS(=O)(=O)Cc1ccccc1CN. The third-order valence-corrected chi connectivity index (χ3v) is 4.76. The zero-order valence-corrected chi connectivity index (χ0v) is 13.2. The van der Waals surface area contributed by atoms with Crippen molar-refractivity contribution in [1.29, 1.82) is 0 Å². The summed E-state index contributed by atoms with van der Waals surface area (Å²) in [6.07, 6.45) is 4.22. The molecule has 0 aromatic heterocycles. The molecule has 114 valence electrons. The Labute approximate surface area is 122 Å². The molecule has 0 saturated heterocycles. The summed E-state index contributed by atoms with van der Waals surface area (Å²) >= 11 is 0. The van der Waals surface area contributed by atoms with Crippen molar-refractivity contribution in [2.75, 3.05) is 0 Å². The van der Waals surface area contributed by atoms with Crippen LogP contribution in [0.25, 0.3) is 0 Å². The zero-order valence-electron chi connectivity index (χ0n) is 12.4. The second-order valence-corrected chi connectivity index (χ2v) is 7.00. The third kappa shape index (κ3) is 6.03. The van der Waals surface area contributed by atoms with Crippen LogP contribution in [0.4, 0.5) is 0 Å². The zero-order chi connectivity index (χ0) is 15.0. The highest BCUT2D eigenvalue weighted by Gasteiger charge is 2.16. The molecule has 1 aromatic rings. The van der Waals surface area contributed by atoms with Gasteiger partial charge < -0.3 is 5.73 Å². The summed E-state index contributed by atoms with van der Waals surface area (Å²) < 4.78 is 27.1. The van der Waals surface area contributed by atoms with Crippen molar-refractivity contribution >= 4 is 10.0 Å². The first-order chi connectivity index (χ1) is 9.48. The Kier molecular flexibility index (Phi) is 7.19. The van der Waals surface area contributed by atoms with Gasteiger partial charge >= 0.3 is 0 Å². The molecule has 3 N–H and O–H groups in total. The molecule has 20 heavy (non-hydrogen) atoms. The van der Waals surface area contributed by atoms with E-state index in [4.69, 9.17) is 5.73 Å². The maximum atomic E-state index is 12.2. The van der Waals surface area contributed by atoms with E-state index in [9.17, 15) is 8.42 Å². The molecule has 0 spiro atoms. The quantitative estimate of drug-likeness (QED) is 0.688. The van der Waals surface area contributed by atoms with Gasteiger partial charge in [0.1, 0.15) is 0 Å². The summed E-state index contributed by atoms with van der Waals surface area (Å²) in [6, 6.07) is 7.39. The molecule has 0 heterocycles. The number of hydrogen-bond acceptors (Lipinski definition) is 3. The number of unbranched alkanes of at least 4 members (excludes halogenated alkanes) is 2. The van der Waals surface area contributed by atoms with Crippen molar-refractivity contribution in [2.24, 2.45) is 5.73 Å². The Morgan fingerprint density at radius 3 is 2.45 bits per heavy atom. The predicted octanol–water partition coefficient (Wildman–Crippen LogP) is 2.53. The van der Waals surface area contributed by atoms with Gasteiger partial charge in [0.25, 0.3) is 0 Å². The number of sulfonamides is 1. The molecular weight excluding hydrogens is 272 g/mol. The van der Waals surface area contributed by atoms with Gasteiger partial charge in [-0.1, -0.05) is 50.5 Å². The third-order valence-electron chi connectivity index (χ3n) is 3.31. The van der Waals surface area contributed by atoms with E-state index in [0.29, 0.717) is 6.54 Å². The Balaban J connectivity index is 2.61. The highest BCUT2D eigenvalue weighted by molar-refractivity contribution is 7.88. The smallest absolute Gasteiger partial charge is 0.216 e. The monoisotopic (exact) mass is 298 g/mol. The standard InChI is InChI=1S/C15H26N2O2S/c1-3-4-5-8-13(2)17-20(18,19)12-15-10-7-6-9-14(15)11-16/h6-7,9-10,13,17H,3-5,8,11-12,16H2,1-2H3. The molecule has 0 bridgehead atoms. The van der Waals surface area contributed by atoms with Gasteiger partial charge in [-0.2, -0.15) is 0 Å². The van der Waals surface area contributed by atoms with E-state index in [1.54, 1.807) is 0 Å². The van der Waals surface area contributed by atoms with Gasteiger partial charge in [0.2, 0.25) is 10.0 Å². The minimum atomic E-state index is -3.31. The number of hydrogen-bond donors (Lipinski definition) is 2. The topological polar surface area (TPSA) is 72.2 Å². The first kappa shape index (κ1) is 17.1. The van der Waals surface area contributed by atoms with E-state index in [2.05, 4.69) is 11.6 Å². The predicted molar refractivity (Wildman–Crippen MR) is 83.7 cm³/mol. The van der Waals surface area contributed by atoms with Gasteiger partial charge in [-0.15, -0.1) is 0 Å². The average Bonchev–Trinajstić information content (AvgIpc) is 2.38. The number of nitrogens with one attached hydrogen (secondary N) is 1. The van der Waals surface area contributed by atoms with Gasteiger partial charge in [-0.3, -0.25) is 0 Å². The molecule has 0 radical (unpaired) electrons. The molecule has 0 amide bonds. The molecule has 4 nitrogen and oxygen atoms in total. The van der Waals surface area contributed by atoms with Crippen LogP contribution in [0.5, 0.6) is 0 Å². The Morgan fingerprint density at radius 1 is 1.20 bits per heavy atom. The van der Waals surface area contributed by atoms with Crippen LogP contribution in [-0.2, 0) is 22.3 Å². The largest absolute Gasteiger partial charge is 0.326 e. The van der Waals surface area contributed by atoms with Crippen LogP contribution in [0.3, 0.4) is 0 Å². The Bertz CT molecular complexity index is 500. The minimum absolute atomic E-state index is 0.00150. The number of nitrogens with two attached hydrogens (primary N) is 1. The van der Waals surface area contributed by atoms with Crippen LogP contribution in [0.1, 0.15) is 50.7 Å². The molecule has 1 rings (SSSR count). The van der Waals surface area contributed by atoms with Crippen molar-refractivity contribution in [3.05, 3.63) is 35.4 Å². The van der Waals surface area contributed by atoms with Crippen LogP contribution >= 0.6 is 0 Å². The van der Waals surface area contributed by atoms with Gasteiger partial charge in [0.05, 0.1) is 5.75 Å². The lowest BCUT2D eigenvalue weighted by atomic mass is 10.1. The Hall–Kier alpha value is -0.910. The molecule has 0 aliphatic carbocycles. The van der Waals surface area contributed by atoms with Crippen LogP contribution in [-0.4, -0.2) is 14.5 Å². The number of benzene rings is 1. The molecule has 0 aliphatic rings. The van der Waals surface area contributed by atoms with E-state index >= 15 is 0 Å². The fourth-order valence-corrected chi connectivity index (χ4v) is 3.72. The molecular formula is C15H26N2O2S. The van der Waals surface area contributed by atoms with Crippen molar-refractivity contribution in [1.82, 2.24) is 4.72 Å². The highest BCUT2D eigenvalue weighted by atomic mass is 32.2. The average molecular weight is 298 g/mol. The van der Waals surface area contributed by atoms with E-state index < -0.39 is 10.0 Å². The normalized spacial score (nSPS) is 13.3. The second kappa shape index (κ2) is 8.39. The summed E-state index contributed by atoms with van der Waals surface area (Å²) in [4.78, 5) is 0. The first-order valence-electron chi connectivity index (χ1n) is 7.25. The van der Waals surface area contributed by atoms with Crippen molar-refractivity contribution < 1.29 is 8.42 Å². The van der Waals surface area contributed by atoms with Gasteiger partial charge in [0.15, 0.2) is 0 Å². The summed E-state index contributed by atoms with van der Waals surface area (Å²) in [5.41, 5.74) is 7.30. The molecule has 1 unspecified atom stereocenters. The lowest BCUT2D eigenvalue weighted by molar-refractivity contribution is 0.526. The lowest BCUT2D eigenvalue weighted by Crippen LogP contribution is -2.33. The fraction of sp³-hybridized carbons (Fsp3) is 0.600. The van der Waals surface area contributed by atoms with Gasteiger partial charge in [0, 0.05) is 12.6 Å². The summed E-state index contributed by atoms with van der Waals surface area (Å²) in [7, 11) is -3.31. The van der Waals surface area contributed by atoms with Crippen molar-refractivity contribution in [3.8, 4) is 0 Å². The van der Waals surface area contributed by atoms with E-state index in [1.807, 2.05) is 31.2 Å². The molecule has 5 heteroatoms. The summed E-state index contributed by atoms with van der Waals surface area (Å²) in [5.74, 6) is -0.00150. The fourth-order valence-electron chi connectivity index (χ4n) is 2.21. The Morgan fingerprint density at radius 2 is 1.85 bits per heavy atom. The molecule has 1 atom stereocenters. The maximum absolute atomic E-state index is 12.2. The van der Waals surface area contributed by atoms with Crippen LogP contribution < -0.4 is 10.5 Å². The van der Waals surface area contributed by atoms with Gasteiger partial charge in [-0.25, -0.2) is 13.1 Å². The summed E-state index contributed by atoms with van der Waals surface area (Å²) in [5, 5.41) is 0. The van der Waals surface area contributed by atoms with Gasteiger partial charge in [-0.05, 0) is 24.5 Å². The van der Waals surface area contributed by atoms with E-state index in [-0.39, 0.29) is 11.8 Å². The summed E-state index contributed by atoms with van der Waals surface area (Å²) in [6.45, 7) is 4.42. The van der Waals surface area contributed by atoms with Crippen molar-refractivity contribution in [2.45, 2.75) is 57.9 Å². The highest BCUT2D eigenvalue weighted by Crippen LogP contribution is 2.12. The molecule has 0 fully saturated rings.